The monoisotopic (exact) mass is 218 g/mol. The van der Waals surface area contributed by atoms with Crippen LogP contribution in [0.25, 0.3) is 0 Å². The summed E-state index contributed by atoms with van der Waals surface area (Å²) in [7, 11) is 0. The number of anilines is 1. The minimum atomic E-state index is -0.619. The van der Waals surface area contributed by atoms with Crippen molar-refractivity contribution in [2.45, 2.75) is 6.92 Å². The summed E-state index contributed by atoms with van der Waals surface area (Å²) in [4.78, 5) is 14.0. The highest BCUT2D eigenvalue weighted by molar-refractivity contribution is 5.64. The van der Waals surface area contributed by atoms with Crippen molar-refractivity contribution < 1.29 is 4.92 Å². The average molecular weight is 218 g/mol. The molecular weight excluding hydrogens is 208 g/mol. The van der Waals surface area contributed by atoms with Gasteiger partial charge in [0.2, 0.25) is 5.82 Å². The second-order valence-electron chi connectivity index (χ2n) is 3.24. The summed E-state index contributed by atoms with van der Waals surface area (Å²) >= 11 is 0. The van der Waals surface area contributed by atoms with E-state index in [1.165, 1.54) is 12.3 Å². The molecule has 1 aromatic rings. The van der Waals surface area contributed by atoms with Crippen molar-refractivity contribution >= 4 is 11.5 Å². The lowest BCUT2D eigenvalue weighted by molar-refractivity contribution is -0.384. The number of hydrogen-bond acceptors (Lipinski definition) is 5. The van der Waals surface area contributed by atoms with Gasteiger partial charge in [-0.05, 0) is 13.0 Å². The molecule has 0 aliphatic rings. The fourth-order valence-electron chi connectivity index (χ4n) is 1.09. The molecule has 0 atom stereocenters. The molecule has 6 nitrogen and oxygen atoms in total. The molecular formula is C10H10N4O2. The predicted octanol–water partition coefficient (Wildman–Crippen LogP) is 1.85. The van der Waals surface area contributed by atoms with Gasteiger partial charge in [-0.15, -0.1) is 0 Å². The summed E-state index contributed by atoms with van der Waals surface area (Å²) in [5.74, 6) is 0.0899. The van der Waals surface area contributed by atoms with Crippen LogP contribution in [0.15, 0.2) is 24.4 Å². The van der Waals surface area contributed by atoms with E-state index in [2.05, 4.69) is 16.9 Å². The maximum Gasteiger partial charge on any atom is 0.328 e. The van der Waals surface area contributed by atoms with Crippen molar-refractivity contribution in [3.63, 3.8) is 0 Å². The molecule has 0 aliphatic carbocycles. The maximum absolute atomic E-state index is 10.8. The first-order chi connectivity index (χ1) is 7.56. The Balaban J connectivity index is 3.13. The average Bonchev–Trinajstić information content (AvgIpc) is 2.25. The van der Waals surface area contributed by atoms with Gasteiger partial charge in [0.1, 0.15) is 11.6 Å². The molecule has 0 saturated carbocycles. The molecule has 16 heavy (non-hydrogen) atoms. The minimum Gasteiger partial charge on any atom is -0.361 e. The zero-order chi connectivity index (χ0) is 12.1. The lowest BCUT2D eigenvalue weighted by Gasteiger charge is -2.05. The Kier molecular flexibility index (Phi) is 3.56. The van der Waals surface area contributed by atoms with Crippen molar-refractivity contribution in [3.8, 4) is 6.07 Å². The Bertz CT molecular complexity index is 476. The molecule has 1 rings (SSSR count). The van der Waals surface area contributed by atoms with Gasteiger partial charge >= 0.3 is 5.69 Å². The van der Waals surface area contributed by atoms with Gasteiger partial charge in [-0.25, -0.2) is 4.98 Å². The van der Waals surface area contributed by atoms with Crippen LogP contribution in [0, 0.1) is 21.4 Å². The Morgan fingerprint density at radius 2 is 2.50 bits per heavy atom. The summed E-state index contributed by atoms with van der Waals surface area (Å²) in [6, 6.07) is 3.07. The first kappa shape index (κ1) is 11.7. The number of pyridine rings is 1. The second kappa shape index (κ2) is 4.89. The van der Waals surface area contributed by atoms with Crippen LogP contribution in [0.2, 0.25) is 0 Å². The third-order valence-electron chi connectivity index (χ3n) is 1.78. The van der Waals surface area contributed by atoms with Crippen molar-refractivity contribution in [2.75, 3.05) is 11.9 Å². The van der Waals surface area contributed by atoms with Gasteiger partial charge < -0.3 is 5.32 Å². The number of rotatable bonds is 4. The van der Waals surface area contributed by atoms with E-state index in [-0.39, 0.29) is 17.1 Å². The molecule has 0 unspecified atom stereocenters. The largest absolute Gasteiger partial charge is 0.361 e. The van der Waals surface area contributed by atoms with Gasteiger partial charge in [0.15, 0.2) is 0 Å². The molecule has 0 saturated heterocycles. The fourth-order valence-corrected chi connectivity index (χ4v) is 1.09. The molecule has 6 heteroatoms. The first-order valence-electron chi connectivity index (χ1n) is 4.48. The molecule has 0 spiro atoms. The van der Waals surface area contributed by atoms with E-state index >= 15 is 0 Å². The van der Waals surface area contributed by atoms with Crippen LogP contribution >= 0.6 is 0 Å². The quantitative estimate of drug-likeness (QED) is 0.473. The second-order valence-corrected chi connectivity index (χ2v) is 3.24. The van der Waals surface area contributed by atoms with Crippen LogP contribution in [-0.4, -0.2) is 16.5 Å². The van der Waals surface area contributed by atoms with E-state index in [0.717, 1.165) is 5.57 Å². The topological polar surface area (TPSA) is 91.8 Å². The SMILES string of the molecule is C=C(C)CNc1nccc(C#N)c1[N+](=O)[O-]. The highest BCUT2D eigenvalue weighted by atomic mass is 16.6. The number of hydrogen-bond donors (Lipinski definition) is 1. The van der Waals surface area contributed by atoms with E-state index in [1.807, 2.05) is 0 Å². The van der Waals surface area contributed by atoms with E-state index < -0.39 is 4.92 Å². The maximum atomic E-state index is 10.8. The zero-order valence-corrected chi connectivity index (χ0v) is 8.73. The van der Waals surface area contributed by atoms with Crippen LogP contribution in [0.1, 0.15) is 12.5 Å². The molecule has 1 N–H and O–H groups in total. The van der Waals surface area contributed by atoms with Crippen molar-refractivity contribution in [1.82, 2.24) is 4.98 Å². The van der Waals surface area contributed by atoms with Crippen LogP contribution in [0.3, 0.4) is 0 Å². The Morgan fingerprint density at radius 1 is 1.81 bits per heavy atom. The highest BCUT2D eigenvalue weighted by Crippen LogP contribution is 2.25. The highest BCUT2D eigenvalue weighted by Gasteiger charge is 2.20. The number of nitriles is 1. The molecule has 1 heterocycles. The lowest BCUT2D eigenvalue weighted by Crippen LogP contribution is -2.07. The molecule has 0 aromatic carbocycles. The van der Waals surface area contributed by atoms with E-state index in [4.69, 9.17) is 5.26 Å². The van der Waals surface area contributed by atoms with Crippen molar-refractivity contribution in [1.29, 1.82) is 5.26 Å². The molecule has 0 bridgehead atoms. The zero-order valence-electron chi connectivity index (χ0n) is 8.73. The molecule has 0 fully saturated rings. The van der Waals surface area contributed by atoms with Crippen LogP contribution in [0.4, 0.5) is 11.5 Å². The third kappa shape index (κ3) is 2.54. The van der Waals surface area contributed by atoms with Gasteiger partial charge in [0.05, 0.1) is 4.92 Å². The summed E-state index contributed by atoms with van der Waals surface area (Å²) in [6.07, 6.45) is 1.35. The third-order valence-corrected chi connectivity index (χ3v) is 1.78. The summed E-state index contributed by atoms with van der Waals surface area (Å²) in [5.41, 5.74) is 0.508. The molecule has 0 amide bonds. The van der Waals surface area contributed by atoms with Gasteiger partial charge in [0, 0.05) is 12.7 Å². The number of aromatic nitrogens is 1. The number of nitrogens with zero attached hydrogens (tertiary/aromatic N) is 3. The number of nitro groups is 1. The Hall–Kier alpha value is -2.42. The first-order valence-corrected chi connectivity index (χ1v) is 4.48. The van der Waals surface area contributed by atoms with E-state index in [9.17, 15) is 10.1 Å². The van der Waals surface area contributed by atoms with Crippen molar-refractivity contribution in [3.05, 3.63) is 40.1 Å². The smallest absolute Gasteiger partial charge is 0.328 e. The summed E-state index contributed by atoms with van der Waals surface area (Å²) in [6.45, 7) is 5.82. The van der Waals surface area contributed by atoms with Crippen LogP contribution in [-0.2, 0) is 0 Å². The molecule has 0 aliphatic heterocycles. The molecule has 82 valence electrons. The Labute approximate surface area is 92.4 Å². The Morgan fingerprint density at radius 3 is 3.00 bits per heavy atom. The molecule has 0 radical (unpaired) electrons. The standard InChI is InChI=1S/C10H10N4O2/c1-7(2)6-13-10-9(14(15)16)8(5-11)3-4-12-10/h3-4H,1,6H2,2H3,(H,12,13). The van der Waals surface area contributed by atoms with E-state index in [1.54, 1.807) is 13.0 Å². The predicted molar refractivity (Wildman–Crippen MR) is 58.9 cm³/mol. The lowest BCUT2D eigenvalue weighted by atomic mass is 10.2. The van der Waals surface area contributed by atoms with Gasteiger partial charge in [-0.1, -0.05) is 12.2 Å². The molecule has 1 aromatic heterocycles. The van der Waals surface area contributed by atoms with Crippen LogP contribution < -0.4 is 5.32 Å². The fraction of sp³-hybridized carbons (Fsp3) is 0.200. The van der Waals surface area contributed by atoms with Crippen LogP contribution in [0.5, 0.6) is 0 Å². The van der Waals surface area contributed by atoms with E-state index in [0.29, 0.717) is 6.54 Å². The van der Waals surface area contributed by atoms with Gasteiger partial charge in [-0.2, -0.15) is 5.26 Å². The van der Waals surface area contributed by atoms with Crippen molar-refractivity contribution in [2.24, 2.45) is 0 Å². The van der Waals surface area contributed by atoms with Gasteiger partial charge in [-0.3, -0.25) is 10.1 Å². The minimum absolute atomic E-state index is 0.00999. The summed E-state index contributed by atoms with van der Waals surface area (Å²) < 4.78 is 0. The number of nitrogens with one attached hydrogen (secondary N) is 1. The normalized spacial score (nSPS) is 9.25. The summed E-state index contributed by atoms with van der Waals surface area (Å²) in [5, 5.41) is 22.3. The van der Waals surface area contributed by atoms with Gasteiger partial charge in [0.25, 0.3) is 0 Å².